The summed E-state index contributed by atoms with van der Waals surface area (Å²) in [5, 5.41) is 0. The van der Waals surface area contributed by atoms with Gasteiger partial charge in [0.25, 0.3) is 5.91 Å². The standard InChI is InChI=1S/C24H32N4O3/c1-26(20-7-6-12-28(19-20)23-10-4-5-11-25-23)24(29)21-8-2-3-9-22(21)31-18-15-27-13-16-30-17-14-27/h2-5,8-11,20H,6-7,12-19H2,1H3. The fraction of sp³-hybridized carbons (Fsp3) is 0.500. The monoisotopic (exact) mass is 424 g/mol. The Balaban J connectivity index is 1.38. The topological polar surface area (TPSA) is 58.1 Å². The Morgan fingerprint density at radius 1 is 1.16 bits per heavy atom. The number of nitrogens with zero attached hydrogens (tertiary/aromatic N) is 4. The summed E-state index contributed by atoms with van der Waals surface area (Å²) in [5.74, 6) is 1.64. The van der Waals surface area contributed by atoms with Gasteiger partial charge in [-0.1, -0.05) is 18.2 Å². The summed E-state index contributed by atoms with van der Waals surface area (Å²) in [7, 11) is 1.90. The van der Waals surface area contributed by atoms with Crippen LogP contribution in [-0.2, 0) is 4.74 Å². The number of rotatable bonds is 7. The smallest absolute Gasteiger partial charge is 0.257 e. The van der Waals surface area contributed by atoms with Crippen molar-refractivity contribution in [3.8, 4) is 5.75 Å². The van der Waals surface area contributed by atoms with E-state index in [0.717, 1.165) is 64.6 Å². The van der Waals surface area contributed by atoms with Crippen molar-refractivity contribution < 1.29 is 14.3 Å². The first-order valence-electron chi connectivity index (χ1n) is 11.2. The van der Waals surface area contributed by atoms with E-state index in [9.17, 15) is 4.79 Å². The SMILES string of the molecule is CN(C(=O)c1ccccc1OCCN1CCOCC1)C1CCCN(c2ccccn2)C1. The lowest BCUT2D eigenvalue weighted by Crippen LogP contribution is -2.49. The van der Waals surface area contributed by atoms with E-state index < -0.39 is 0 Å². The highest BCUT2D eigenvalue weighted by atomic mass is 16.5. The summed E-state index contributed by atoms with van der Waals surface area (Å²) >= 11 is 0. The molecule has 2 saturated heterocycles. The van der Waals surface area contributed by atoms with Gasteiger partial charge in [0.1, 0.15) is 18.2 Å². The highest BCUT2D eigenvalue weighted by Gasteiger charge is 2.28. The highest BCUT2D eigenvalue weighted by molar-refractivity contribution is 5.97. The Morgan fingerprint density at radius 2 is 1.97 bits per heavy atom. The number of amides is 1. The fourth-order valence-electron chi connectivity index (χ4n) is 4.25. The van der Waals surface area contributed by atoms with Gasteiger partial charge in [0.05, 0.1) is 18.8 Å². The van der Waals surface area contributed by atoms with Crippen LogP contribution in [0.4, 0.5) is 5.82 Å². The van der Waals surface area contributed by atoms with Crippen molar-refractivity contribution in [3.63, 3.8) is 0 Å². The normalized spacial score (nSPS) is 19.8. The van der Waals surface area contributed by atoms with Crippen LogP contribution in [0.25, 0.3) is 0 Å². The van der Waals surface area contributed by atoms with Gasteiger partial charge in [-0.05, 0) is 37.1 Å². The third-order valence-electron chi connectivity index (χ3n) is 6.12. The molecule has 3 heterocycles. The molecule has 4 rings (SSSR count). The van der Waals surface area contributed by atoms with Gasteiger partial charge in [-0.3, -0.25) is 9.69 Å². The van der Waals surface area contributed by atoms with Crippen LogP contribution in [0.5, 0.6) is 5.75 Å². The number of hydrogen-bond acceptors (Lipinski definition) is 6. The van der Waals surface area contributed by atoms with Gasteiger partial charge in [-0.25, -0.2) is 4.98 Å². The van der Waals surface area contributed by atoms with E-state index in [1.54, 1.807) is 0 Å². The third-order valence-corrected chi connectivity index (χ3v) is 6.12. The molecule has 7 heteroatoms. The molecule has 1 unspecified atom stereocenters. The Bertz CT molecular complexity index is 842. The van der Waals surface area contributed by atoms with Gasteiger partial charge < -0.3 is 19.3 Å². The number of para-hydroxylation sites is 1. The van der Waals surface area contributed by atoms with Crippen LogP contribution in [0.2, 0.25) is 0 Å². The lowest BCUT2D eigenvalue weighted by molar-refractivity contribution is 0.0321. The number of carbonyl (C=O) groups excluding carboxylic acids is 1. The lowest BCUT2D eigenvalue weighted by atomic mass is 10.0. The van der Waals surface area contributed by atoms with Crippen LogP contribution in [0, 0.1) is 0 Å². The largest absolute Gasteiger partial charge is 0.491 e. The molecule has 0 bridgehead atoms. The molecule has 2 aliphatic heterocycles. The van der Waals surface area contributed by atoms with Crippen LogP contribution in [0.1, 0.15) is 23.2 Å². The van der Waals surface area contributed by atoms with Gasteiger partial charge in [-0.2, -0.15) is 0 Å². The second-order valence-corrected chi connectivity index (χ2v) is 8.14. The van der Waals surface area contributed by atoms with E-state index in [4.69, 9.17) is 9.47 Å². The number of hydrogen-bond donors (Lipinski definition) is 0. The average molecular weight is 425 g/mol. The third kappa shape index (κ3) is 5.54. The number of anilines is 1. The highest BCUT2D eigenvalue weighted by Crippen LogP contribution is 2.24. The minimum atomic E-state index is 0.00911. The van der Waals surface area contributed by atoms with E-state index in [0.29, 0.717) is 17.9 Å². The molecule has 1 atom stereocenters. The van der Waals surface area contributed by atoms with E-state index in [2.05, 4.69) is 14.8 Å². The molecule has 7 nitrogen and oxygen atoms in total. The maximum Gasteiger partial charge on any atom is 0.257 e. The van der Waals surface area contributed by atoms with Crippen LogP contribution < -0.4 is 9.64 Å². The zero-order chi connectivity index (χ0) is 21.5. The molecular weight excluding hydrogens is 392 g/mol. The van der Waals surface area contributed by atoms with E-state index in [1.165, 1.54) is 0 Å². The predicted molar refractivity (Wildman–Crippen MR) is 121 cm³/mol. The molecule has 1 amide bonds. The van der Waals surface area contributed by atoms with Crippen molar-refractivity contribution in [1.82, 2.24) is 14.8 Å². The quantitative estimate of drug-likeness (QED) is 0.681. The fourth-order valence-corrected chi connectivity index (χ4v) is 4.25. The Hall–Kier alpha value is -2.64. The molecule has 0 saturated carbocycles. The molecule has 2 fully saturated rings. The number of aromatic nitrogens is 1. The molecule has 2 aromatic rings. The summed E-state index contributed by atoms with van der Waals surface area (Å²) < 4.78 is 11.4. The Kier molecular flexibility index (Phi) is 7.38. The van der Waals surface area contributed by atoms with E-state index in [1.807, 2.05) is 60.6 Å². The second kappa shape index (κ2) is 10.6. The zero-order valence-electron chi connectivity index (χ0n) is 18.3. The van der Waals surface area contributed by atoms with Gasteiger partial charge in [0.15, 0.2) is 0 Å². The molecule has 1 aromatic carbocycles. The van der Waals surface area contributed by atoms with Gasteiger partial charge in [0.2, 0.25) is 0 Å². The van der Waals surface area contributed by atoms with Crippen LogP contribution in [0.15, 0.2) is 48.7 Å². The first-order valence-corrected chi connectivity index (χ1v) is 11.2. The summed E-state index contributed by atoms with van der Waals surface area (Å²) in [5.41, 5.74) is 0.627. The number of benzene rings is 1. The van der Waals surface area contributed by atoms with Crippen LogP contribution in [0.3, 0.4) is 0 Å². The van der Waals surface area contributed by atoms with Crippen molar-refractivity contribution in [1.29, 1.82) is 0 Å². The van der Waals surface area contributed by atoms with Crippen molar-refractivity contribution in [2.24, 2.45) is 0 Å². The molecule has 0 aliphatic carbocycles. The Labute approximate surface area is 184 Å². The van der Waals surface area contributed by atoms with Crippen molar-refractivity contribution in [2.75, 3.05) is 64.5 Å². The summed E-state index contributed by atoms with van der Waals surface area (Å²) in [4.78, 5) is 24.3. The van der Waals surface area contributed by atoms with Crippen LogP contribution >= 0.6 is 0 Å². The molecule has 166 valence electrons. The average Bonchev–Trinajstić information content (AvgIpc) is 2.85. The van der Waals surface area contributed by atoms with Gasteiger partial charge in [0, 0.05) is 52.0 Å². The summed E-state index contributed by atoms with van der Waals surface area (Å²) in [6.45, 7) is 6.57. The molecule has 1 aromatic heterocycles. The minimum absolute atomic E-state index is 0.00911. The first kappa shape index (κ1) is 21.6. The van der Waals surface area contributed by atoms with E-state index in [-0.39, 0.29) is 11.9 Å². The lowest BCUT2D eigenvalue weighted by Gasteiger charge is -2.38. The molecule has 2 aliphatic rings. The molecule has 0 spiro atoms. The molecule has 31 heavy (non-hydrogen) atoms. The van der Waals surface area contributed by atoms with Crippen molar-refractivity contribution in [2.45, 2.75) is 18.9 Å². The van der Waals surface area contributed by atoms with Crippen LogP contribution in [-0.4, -0.2) is 86.3 Å². The number of piperidine rings is 1. The van der Waals surface area contributed by atoms with Gasteiger partial charge >= 0.3 is 0 Å². The summed E-state index contributed by atoms with van der Waals surface area (Å²) in [6.07, 6.45) is 3.85. The predicted octanol–water partition coefficient (Wildman–Crippen LogP) is 2.53. The van der Waals surface area contributed by atoms with Crippen molar-refractivity contribution in [3.05, 3.63) is 54.2 Å². The second-order valence-electron chi connectivity index (χ2n) is 8.14. The number of likely N-dealkylation sites (N-methyl/N-ethyl adjacent to an activating group) is 1. The van der Waals surface area contributed by atoms with Crippen molar-refractivity contribution >= 4 is 11.7 Å². The van der Waals surface area contributed by atoms with E-state index >= 15 is 0 Å². The molecule has 0 radical (unpaired) electrons. The number of morpholine rings is 1. The first-order chi connectivity index (χ1) is 15.2. The molecular formula is C24H32N4O3. The number of carbonyl (C=O) groups is 1. The molecule has 0 N–H and O–H groups in total. The number of pyridine rings is 1. The number of ether oxygens (including phenoxy) is 2. The van der Waals surface area contributed by atoms with Gasteiger partial charge in [-0.15, -0.1) is 0 Å². The summed E-state index contributed by atoms with van der Waals surface area (Å²) in [6, 6.07) is 13.7. The zero-order valence-corrected chi connectivity index (χ0v) is 18.3. The maximum atomic E-state index is 13.4. The minimum Gasteiger partial charge on any atom is -0.491 e. The Morgan fingerprint density at radius 3 is 2.77 bits per heavy atom. The maximum absolute atomic E-state index is 13.4.